The summed E-state index contributed by atoms with van der Waals surface area (Å²) >= 11 is 0. The molecule has 24 heavy (non-hydrogen) atoms. The summed E-state index contributed by atoms with van der Waals surface area (Å²) in [7, 11) is 1.52. The molecule has 2 atom stereocenters. The Kier molecular flexibility index (Phi) is 7.57. The lowest BCUT2D eigenvalue weighted by Gasteiger charge is -2.21. The first-order chi connectivity index (χ1) is 10.8. The number of halogens is 3. The van der Waals surface area contributed by atoms with Gasteiger partial charge in [0.1, 0.15) is 11.6 Å². The number of benzene rings is 1. The van der Waals surface area contributed by atoms with Gasteiger partial charge in [0.05, 0.1) is 6.54 Å². The fraction of sp³-hybridized carbons (Fsp3) is 0.500. The van der Waals surface area contributed by atoms with Crippen LogP contribution in [0.3, 0.4) is 0 Å². The minimum atomic E-state index is -0.778. The van der Waals surface area contributed by atoms with E-state index in [2.05, 4.69) is 5.32 Å². The highest BCUT2D eigenvalue weighted by Gasteiger charge is 2.27. The van der Waals surface area contributed by atoms with Crippen molar-refractivity contribution < 1.29 is 18.4 Å². The van der Waals surface area contributed by atoms with Crippen LogP contribution in [0, 0.1) is 17.6 Å². The summed E-state index contributed by atoms with van der Waals surface area (Å²) in [4.78, 5) is 25.3. The molecule has 3 N–H and O–H groups in total. The fourth-order valence-corrected chi connectivity index (χ4v) is 2.83. The standard InChI is InChI=1S/C16H21F2N3O2.ClH/c1-21(16(23)5-10-3-2-4-14(10)19)9-15(22)20-13-7-11(17)6-12(18)8-13;/h6-8,10,14H,2-5,9,19H2,1H3,(H,20,22);1H/t10-,14+;/m0./s1. The summed E-state index contributed by atoms with van der Waals surface area (Å²) in [6, 6.07) is 2.79. The van der Waals surface area contributed by atoms with Crippen LogP contribution >= 0.6 is 12.4 Å². The van der Waals surface area contributed by atoms with E-state index < -0.39 is 17.5 Å². The lowest BCUT2D eigenvalue weighted by molar-refractivity contribution is -0.134. The van der Waals surface area contributed by atoms with Crippen molar-refractivity contribution in [1.29, 1.82) is 0 Å². The first-order valence-electron chi connectivity index (χ1n) is 7.60. The smallest absolute Gasteiger partial charge is 0.243 e. The van der Waals surface area contributed by atoms with Crippen LogP contribution < -0.4 is 11.1 Å². The molecule has 0 aromatic heterocycles. The third-order valence-electron chi connectivity index (χ3n) is 4.11. The monoisotopic (exact) mass is 361 g/mol. The van der Waals surface area contributed by atoms with Crippen LogP contribution in [0.1, 0.15) is 25.7 Å². The SMILES string of the molecule is CN(CC(=O)Nc1cc(F)cc(F)c1)C(=O)C[C@@H]1CCC[C@H]1N.Cl. The number of likely N-dealkylation sites (N-methyl/N-ethyl adjacent to an activating group) is 1. The molecule has 0 bridgehead atoms. The molecule has 1 fully saturated rings. The summed E-state index contributed by atoms with van der Waals surface area (Å²) in [5.74, 6) is -2.07. The number of nitrogens with one attached hydrogen (secondary N) is 1. The lowest BCUT2D eigenvalue weighted by atomic mass is 9.99. The lowest BCUT2D eigenvalue weighted by Crippen LogP contribution is -2.37. The molecule has 0 aliphatic heterocycles. The van der Waals surface area contributed by atoms with E-state index in [-0.39, 0.29) is 42.5 Å². The van der Waals surface area contributed by atoms with Gasteiger partial charge in [-0.15, -0.1) is 12.4 Å². The number of nitrogens with zero attached hydrogens (tertiary/aromatic N) is 1. The Balaban J connectivity index is 0.00000288. The molecule has 134 valence electrons. The quantitative estimate of drug-likeness (QED) is 0.845. The van der Waals surface area contributed by atoms with Gasteiger partial charge in [0.2, 0.25) is 11.8 Å². The van der Waals surface area contributed by atoms with E-state index in [1.165, 1.54) is 11.9 Å². The molecule has 2 amide bonds. The average molecular weight is 362 g/mol. The van der Waals surface area contributed by atoms with Gasteiger partial charge in [-0.1, -0.05) is 6.42 Å². The zero-order valence-electron chi connectivity index (χ0n) is 13.4. The van der Waals surface area contributed by atoms with Gasteiger partial charge in [0.25, 0.3) is 0 Å². The molecule has 5 nitrogen and oxygen atoms in total. The highest BCUT2D eigenvalue weighted by Crippen LogP contribution is 2.27. The first-order valence-corrected chi connectivity index (χ1v) is 7.60. The summed E-state index contributed by atoms with van der Waals surface area (Å²) in [5, 5.41) is 2.37. The second-order valence-corrected chi connectivity index (χ2v) is 6.02. The van der Waals surface area contributed by atoms with Crippen LogP contribution in [0.25, 0.3) is 0 Å². The first kappa shape index (κ1) is 20.3. The van der Waals surface area contributed by atoms with Gasteiger partial charge in [-0.2, -0.15) is 0 Å². The second kappa shape index (κ2) is 8.94. The van der Waals surface area contributed by atoms with Gasteiger partial charge < -0.3 is 16.0 Å². The molecule has 0 saturated heterocycles. The van der Waals surface area contributed by atoms with Gasteiger partial charge in [0, 0.05) is 31.3 Å². The molecule has 1 aliphatic rings. The number of amides is 2. The van der Waals surface area contributed by atoms with Crippen molar-refractivity contribution in [2.24, 2.45) is 11.7 Å². The Morgan fingerprint density at radius 2 is 1.88 bits per heavy atom. The topological polar surface area (TPSA) is 75.4 Å². The zero-order chi connectivity index (χ0) is 17.0. The van der Waals surface area contributed by atoms with Crippen molar-refractivity contribution in [3.8, 4) is 0 Å². The van der Waals surface area contributed by atoms with E-state index in [0.29, 0.717) is 6.42 Å². The number of carbonyl (C=O) groups excluding carboxylic acids is 2. The summed E-state index contributed by atoms with van der Waals surface area (Å²) < 4.78 is 26.1. The molecule has 0 radical (unpaired) electrons. The predicted octanol–water partition coefficient (Wildman–Crippen LogP) is 2.30. The maximum atomic E-state index is 13.1. The van der Waals surface area contributed by atoms with Crippen molar-refractivity contribution in [2.75, 3.05) is 18.9 Å². The van der Waals surface area contributed by atoms with Gasteiger partial charge in [-0.3, -0.25) is 9.59 Å². The van der Waals surface area contributed by atoms with Crippen LogP contribution in [-0.4, -0.2) is 36.3 Å². The molecule has 1 aromatic rings. The minimum absolute atomic E-state index is 0. The van der Waals surface area contributed by atoms with Crippen molar-refractivity contribution >= 4 is 29.9 Å². The average Bonchev–Trinajstić information content (AvgIpc) is 2.82. The fourth-order valence-electron chi connectivity index (χ4n) is 2.83. The normalized spacial score (nSPS) is 19.5. The molecule has 0 unspecified atom stereocenters. The van der Waals surface area contributed by atoms with Crippen LogP contribution in [0.5, 0.6) is 0 Å². The summed E-state index contributed by atoms with van der Waals surface area (Å²) in [6.45, 7) is -0.182. The number of anilines is 1. The number of hydrogen-bond donors (Lipinski definition) is 2. The maximum absolute atomic E-state index is 13.1. The molecule has 0 heterocycles. The Morgan fingerprint density at radius 3 is 2.42 bits per heavy atom. The van der Waals surface area contributed by atoms with Crippen LogP contribution in [0.2, 0.25) is 0 Å². The Morgan fingerprint density at radius 1 is 1.25 bits per heavy atom. The number of carbonyl (C=O) groups is 2. The Bertz CT molecular complexity index is 580. The molecule has 2 rings (SSSR count). The molecule has 8 heteroatoms. The molecular formula is C16H22ClF2N3O2. The molecule has 1 aliphatic carbocycles. The number of nitrogens with two attached hydrogens (primary N) is 1. The van der Waals surface area contributed by atoms with Gasteiger partial charge >= 0.3 is 0 Å². The Labute approximate surface area is 146 Å². The van der Waals surface area contributed by atoms with Crippen molar-refractivity contribution in [3.05, 3.63) is 29.8 Å². The highest BCUT2D eigenvalue weighted by atomic mass is 35.5. The Hall–Kier alpha value is -1.73. The van der Waals surface area contributed by atoms with Gasteiger partial charge in [0.15, 0.2) is 0 Å². The van der Waals surface area contributed by atoms with E-state index in [4.69, 9.17) is 5.73 Å². The van der Waals surface area contributed by atoms with Gasteiger partial charge in [-0.25, -0.2) is 8.78 Å². The van der Waals surface area contributed by atoms with E-state index in [0.717, 1.165) is 37.5 Å². The van der Waals surface area contributed by atoms with E-state index >= 15 is 0 Å². The minimum Gasteiger partial charge on any atom is -0.336 e. The van der Waals surface area contributed by atoms with E-state index in [1.54, 1.807) is 0 Å². The van der Waals surface area contributed by atoms with E-state index in [9.17, 15) is 18.4 Å². The largest absolute Gasteiger partial charge is 0.336 e. The number of hydrogen-bond acceptors (Lipinski definition) is 3. The van der Waals surface area contributed by atoms with Crippen molar-refractivity contribution in [2.45, 2.75) is 31.7 Å². The number of rotatable bonds is 5. The van der Waals surface area contributed by atoms with Crippen LogP contribution in [-0.2, 0) is 9.59 Å². The predicted molar refractivity (Wildman–Crippen MR) is 89.8 cm³/mol. The molecule has 1 saturated carbocycles. The summed E-state index contributed by atoms with van der Waals surface area (Å²) in [5.41, 5.74) is 5.96. The van der Waals surface area contributed by atoms with E-state index in [1.807, 2.05) is 0 Å². The van der Waals surface area contributed by atoms with Crippen LogP contribution in [0.4, 0.5) is 14.5 Å². The highest BCUT2D eigenvalue weighted by molar-refractivity contribution is 5.94. The maximum Gasteiger partial charge on any atom is 0.243 e. The third-order valence-corrected chi connectivity index (χ3v) is 4.11. The zero-order valence-corrected chi connectivity index (χ0v) is 14.2. The van der Waals surface area contributed by atoms with Gasteiger partial charge in [-0.05, 0) is 30.9 Å². The third kappa shape index (κ3) is 5.72. The molecular weight excluding hydrogens is 340 g/mol. The van der Waals surface area contributed by atoms with Crippen LogP contribution in [0.15, 0.2) is 18.2 Å². The van der Waals surface area contributed by atoms with Crippen molar-refractivity contribution in [1.82, 2.24) is 4.90 Å². The second-order valence-electron chi connectivity index (χ2n) is 6.02. The molecule has 1 aromatic carbocycles. The molecule has 0 spiro atoms. The summed E-state index contributed by atoms with van der Waals surface area (Å²) in [6.07, 6.45) is 3.19. The van der Waals surface area contributed by atoms with Crippen molar-refractivity contribution in [3.63, 3.8) is 0 Å².